The third-order valence-corrected chi connectivity index (χ3v) is 5.07. The molecule has 3 heteroatoms. The number of amides is 1. The molecule has 1 aromatic carbocycles. The van der Waals surface area contributed by atoms with Gasteiger partial charge in [-0.05, 0) is 46.9 Å². The monoisotopic (exact) mass is 284 g/mol. The molecular weight excluding hydrogens is 266 g/mol. The van der Waals surface area contributed by atoms with E-state index in [-0.39, 0.29) is 0 Å². The van der Waals surface area contributed by atoms with Crippen LogP contribution in [0.3, 0.4) is 0 Å². The zero-order valence-electron chi connectivity index (χ0n) is 11.4. The molecular formula is C17H18NOS. The minimum Gasteiger partial charge on any atom is -0.266 e. The molecule has 3 rings (SSSR count). The first-order valence-electron chi connectivity index (χ1n) is 7.19. The van der Waals surface area contributed by atoms with Crippen molar-refractivity contribution in [2.24, 2.45) is 0 Å². The van der Waals surface area contributed by atoms with E-state index in [1.165, 1.54) is 49.0 Å². The van der Waals surface area contributed by atoms with Gasteiger partial charge in [-0.2, -0.15) is 0 Å². The first-order chi connectivity index (χ1) is 9.74. The quantitative estimate of drug-likeness (QED) is 0.791. The lowest BCUT2D eigenvalue weighted by molar-refractivity contribution is 0.0996. The average Bonchev–Trinajstić information content (AvgIpc) is 2.98. The van der Waals surface area contributed by atoms with E-state index in [1.54, 1.807) is 0 Å². The molecule has 1 amide bonds. The Hall–Kier alpha value is -1.61. The first-order valence-corrected chi connectivity index (χ1v) is 8.07. The van der Waals surface area contributed by atoms with Crippen molar-refractivity contribution < 1.29 is 4.79 Å². The van der Waals surface area contributed by atoms with Gasteiger partial charge in [0, 0.05) is 0 Å². The van der Waals surface area contributed by atoms with E-state index in [0.29, 0.717) is 4.88 Å². The highest BCUT2D eigenvalue weighted by Crippen LogP contribution is 2.34. The third kappa shape index (κ3) is 2.78. The highest BCUT2D eigenvalue weighted by atomic mass is 32.1. The SMILES string of the molecule is [NH]C(=O)c1cc(-c2ccc(C3CCCCC3)cc2)cs1. The zero-order chi connectivity index (χ0) is 13.9. The Morgan fingerprint density at radius 1 is 1.05 bits per heavy atom. The lowest BCUT2D eigenvalue weighted by Crippen LogP contribution is -2.04. The molecule has 1 aliphatic carbocycles. The van der Waals surface area contributed by atoms with Gasteiger partial charge in [-0.1, -0.05) is 43.5 Å². The highest BCUT2D eigenvalue weighted by Gasteiger charge is 2.15. The molecule has 2 aromatic rings. The summed E-state index contributed by atoms with van der Waals surface area (Å²) < 4.78 is 0. The van der Waals surface area contributed by atoms with Crippen molar-refractivity contribution >= 4 is 17.2 Å². The number of rotatable bonds is 3. The molecule has 1 aromatic heterocycles. The predicted molar refractivity (Wildman–Crippen MR) is 83.0 cm³/mol. The van der Waals surface area contributed by atoms with Gasteiger partial charge in [-0.15, -0.1) is 11.3 Å². The average molecular weight is 284 g/mol. The van der Waals surface area contributed by atoms with E-state index in [1.807, 2.05) is 11.4 Å². The van der Waals surface area contributed by atoms with E-state index in [9.17, 15) is 4.79 Å². The summed E-state index contributed by atoms with van der Waals surface area (Å²) in [6, 6.07) is 10.6. The van der Waals surface area contributed by atoms with Gasteiger partial charge >= 0.3 is 0 Å². The van der Waals surface area contributed by atoms with E-state index in [0.717, 1.165) is 17.0 Å². The number of carbonyl (C=O) groups excluding carboxylic acids is 1. The van der Waals surface area contributed by atoms with Gasteiger partial charge in [0.15, 0.2) is 0 Å². The fraction of sp³-hybridized carbons (Fsp3) is 0.353. The number of hydrogen-bond donors (Lipinski definition) is 0. The molecule has 0 aliphatic heterocycles. The molecule has 1 fully saturated rings. The Morgan fingerprint density at radius 3 is 2.35 bits per heavy atom. The molecule has 0 spiro atoms. The van der Waals surface area contributed by atoms with Crippen LogP contribution in [0.4, 0.5) is 0 Å². The van der Waals surface area contributed by atoms with E-state index in [4.69, 9.17) is 5.73 Å². The predicted octanol–water partition coefficient (Wildman–Crippen LogP) is 4.89. The smallest absolute Gasteiger partial charge is 0.266 e. The summed E-state index contributed by atoms with van der Waals surface area (Å²) in [7, 11) is 0. The Kier molecular flexibility index (Phi) is 3.88. The fourth-order valence-electron chi connectivity index (χ4n) is 2.99. The minimum absolute atomic E-state index is 0.511. The second kappa shape index (κ2) is 5.80. The zero-order valence-corrected chi connectivity index (χ0v) is 12.2. The normalized spacial score (nSPS) is 16.2. The van der Waals surface area contributed by atoms with Gasteiger partial charge in [0.25, 0.3) is 5.91 Å². The topological polar surface area (TPSA) is 40.9 Å². The second-order valence-corrected chi connectivity index (χ2v) is 6.40. The van der Waals surface area contributed by atoms with Gasteiger partial charge in [-0.3, -0.25) is 10.5 Å². The molecule has 1 saturated carbocycles. The van der Waals surface area contributed by atoms with Crippen molar-refractivity contribution in [2.45, 2.75) is 38.0 Å². The summed E-state index contributed by atoms with van der Waals surface area (Å²) in [4.78, 5) is 11.5. The Bertz CT molecular complexity index is 594. The van der Waals surface area contributed by atoms with Crippen molar-refractivity contribution in [3.63, 3.8) is 0 Å². The molecule has 1 aliphatic rings. The minimum atomic E-state index is -0.597. The van der Waals surface area contributed by atoms with Crippen LogP contribution in [0.2, 0.25) is 0 Å². The molecule has 2 nitrogen and oxygen atoms in total. The van der Waals surface area contributed by atoms with Gasteiger partial charge in [0.2, 0.25) is 0 Å². The number of thiophene rings is 1. The molecule has 0 atom stereocenters. The Balaban J connectivity index is 1.79. The lowest BCUT2D eigenvalue weighted by atomic mass is 9.84. The van der Waals surface area contributed by atoms with E-state index >= 15 is 0 Å². The van der Waals surface area contributed by atoms with E-state index in [2.05, 4.69) is 24.3 Å². The van der Waals surface area contributed by atoms with Crippen LogP contribution < -0.4 is 5.73 Å². The summed E-state index contributed by atoms with van der Waals surface area (Å²) >= 11 is 1.35. The van der Waals surface area contributed by atoms with Crippen molar-refractivity contribution in [2.75, 3.05) is 0 Å². The van der Waals surface area contributed by atoms with Crippen LogP contribution >= 0.6 is 11.3 Å². The second-order valence-electron chi connectivity index (χ2n) is 5.49. The summed E-state index contributed by atoms with van der Waals surface area (Å²) in [6.45, 7) is 0. The van der Waals surface area contributed by atoms with Gasteiger partial charge in [0.1, 0.15) is 0 Å². The summed E-state index contributed by atoms with van der Waals surface area (Å²) in [5.41, 5.74) is 10.8. The van der Waals surface area contributed by atoms with Crippen molar-refractivity contribution in [1.29, 1.82) is 0 Å². The molecule has 1 N–H and O–H groups in total. The van der Waals surface area contributed by atoms with Gasteiger partial charge in [0.05, 0.1) is 4.88 Å². The molecule has 0 bridgehead atoms. The van der Waals surface area contributed by atoms with Crippen molar-refractivity contribution in [3.05, 3.63) is 46.2 Å². The van der Waals surface area contributed by atoms with Crippen LogP contribution in [0.25, 0.3) is 11.1 Å². The van der Waals surface area contributed by atoms with Crippen LogP contribution in [-0.4, -0.2) is 5.91 Å². The summed E-state index contributed by atoms with van der Waals surface area (Å²) in [5, 5.41) is 1.96. The lowest BCUT2D eigenvalue weighted by Gasteiger charge is -2.22. The van der Waals surface area contributed by atoms with Crippen LogP contribution in [0.1, 0.15) is 53.3 Å². The van der Waals surface area contributed by atoms with Crippen LogP contribution in [0.15, 0.2) is 35.7 Å². The fourth-order valence-corrected chi connectivity index (χ4v) is 3.75. The van der Waals surface area contributed by atoms with Gasteiger partial charge in [-0.25, -0.2) is 0 Å². The molecule has 1 heterocycles. The number of carbonyl (C=O) groups is 1. The van der Waals surface area contributed by atoms with Crippen molar-refractivity contribution in [3.8, 4) is 11.1 Å². The summed E-state index contributed by atoms with van der Waals surface area (Å²) in [5.74, 6) is 0.130. The van der Waals surface area contributed by atoms with Crippen LogP contribution in [-0.2, 0) is 0 Å². The maximum absolute atomic E-state index is 11.0. The maximum atomic E-state index is 11.0. The van der Waals surface area contributed by atoms with Crippen LogP contribution in [0, 0.1) is 0 Å². The van der Waals surface area contributed by atoms with E-state index < -0.39 is 5.91 Å². The highest BCUT2D eigenvalue weighted by molar-refractivity contribution is 7.12. The Morgan fingerprint density at radius 2 is 1.75 bits per heavy atom. The molecule has 103 valence electrons. The van der Waals surface area contributed by atoms with Crippen molar-refractivity contribution in [1.82, 2.24) is 5.73 Å². The largest absolute Gasteiger partial charge is 0.279 e. The number of benzene rings is 1. The standard InChI is InChI=1S/C17H18NOS/c18-17(19)16-10-15(11-20-16)14-8-6-13(7-9-14)12-4-2-1-3-5-12/h6-12,18H,1-5H2. The molecule has 0 unspecified atom stereocenters. The Labute approximate surface area is 123 Å². The number of nitrogens with one attached hydrogen (secondary N) is 1. The molecule has 1 radical (unpaired) electrons. The molecule has 20 heavy (non-hydrogen) atoms. The first kappa shape index (κ1) is 13.4. The third-order valence-electron chi connectivity index (χ3n) is 4.14. The van der Waals surface area contributed by atoms with Gasteiger partial charge < -0.3 is 0 Å². The molecule has 0 saturated heterocycles. The number of hydrogen-bond acceptors (Lipinski definition) is 2. The summed E-state index contributed by atoms with van der Waals surface area (Å²) in [6.07, 6.45) is 6.72. The maximum Gasteiger partial charge on any atom is 0.279 e. The van der Waals surface area contributed by atoms with Crippen LogP contribution in [0.5, 0.6) is 0 Å².